The van der Waals surface area contributed by atoms with E-state index >= 15 is 0 Å². The maximum absolute atomic E-state index is 12.9. The summed E-state index contributed by atoms with van der Waals surface area (Å²) in [6.45, 7) is 1.86. The summed E-state index contributed by atoms with van der Waals surface area (Å²) in [6, 6.07) is 15.9. The Morgan fingerprint density at radius 2 is 1.73 bits per heavy atom. The van der Waals surface area contributed by atoms with Gasteiger partial charge in [0.2, 0.25) is 0 Å². The lowest BCUT2D eigenvalue weighted by molar-refractivity contribution is -0.0838. The van der Waals surface area contributed by atoms with Gasteiger partial charge in [0, 0.05) is 24.2 Å². The van der Waals surface area contributed by atoms with E-state index in [0.29, 0.717) is 16.7 Å². The molecule has 0 aromatic heterocycles. The summed E-state index contributed by atoms with van der Waals surface area (Å²) in [5.41, 5.74) is 0.557. The van der Waals surface area contributed by atoms with Gasteiger partial charge in [-0.2, -0.15) is 12.7 Å². The minimum Gasteiger partial charge on any atom is -0.368 e. The van der Waals surface area contributed by atoms with Crippen molar-refractivity contribution in [1.29, 1.82) is 0 Å². The Morgan fingerprint density at radius 1 is 1.12 bits per heavy atom. The zero-order valence-corrected chi connectivity index (χ0v) is 14.6. The third-order valence-corrected chi connectivity index (χ3v) is 5.31. The number of ether oxygens (including phenoxy) is 1. The van der Waals surface area contributed by atoms with Crippen molar-refractivity contribution in [3.63, 3.8) is 0 Å². The van der Waals surface area contributed by atoms with Crippen molar-refractivity contribution in [2.24, 2.45) is 0 Å². The van der Waals surface area contributed by atoms with E-state index < -0.39 is 15.9 Å². The number of carbonyl (C=O) groups is 1. The van der Waals surface area contributed by atoms with Crippen molar-refractivity contribution in [2.75, 3.05) is 19.7 Å². The number of rotatable bonds is 4. The van der Waals surface area contributed by atoms with Crippen LogP contribution in [-0.4, -0.2) is 42.8 Å². The van der Waals surface area contributed by atoms with Gasteiger partial charge in [-0.3, -0.25) is 9.35 Å². The largest absolute Gasteiger partial charge is 0.368 e. The summed E-state index contributed by atoms with van der Waals surface area (Å²) in [4.78, 5) is 12.9. The average Bonchev–Trinajstić information content (AvgIpc) is 2.61. The molecule has 0 saturated carbocycles. The minimum absolute atomic E-state index is 0. The molecule has 1 aliphatic heterocycles. The van der Waals surface area contributed by atoms with Crippen LogP contribution < -0.4 is 0 Å². The third-order valence-electron chi connectivity index (χ3n) is 4.34. The van der Waals surface area contributed by atoms with E-state index in [0.717, 1.165) is 4.31 Å². The number of hydrogen-bond donors (Lipinski definition) is 1. The van der Waals surface area contributed by atoms with Gasteiger partial charge in [0.25, 0.3) is 0 Å². The molecule has 0 radical (unpaired) electrons. The Hall–Kier alpha value is -2.06. The minimum atomic E-state index is -4.32. The van der Waals surface area contributed by atoms with Gasteiger partial charge in [0.1, 0.15) is 5.60 Å². The lowest BCUT2D eigenvalue weighted by Crippen LogP contribution is -2.50. The maximum atomic E-state index is 12.9. The normalized spacial score (nSPS) is 21.0. The first kappa shape index (κ1) is 20.3. The molecular formula is C19H23NO5S. The quantitative estimate of drug-likeness (QED) is 0.654. The highest BCUT2D eigenvalue weighted by Gasteiger charge is 2.40. The van der Waals surface area contributed by atoms with Gasteiger partial charge >= 0.3 is 10.3 Å². The van der Waals surface area contributed by atoms with E-state index in [1.807, 2.05) is 6.07 Å². The van der Waals surface area contributed by atoms with Gasteiger partial charge in [-0.15, -0.1) is 0 Å². The molecule has 0 amide bonds. The Labute approximate surface area is 154 Å². The number of morpholine rings is 1. The van der Waals surface area contributed by atoms with Crippen LogP contribution >= 0.6 is 0 Å². The lowest BCUT2D eigenvalue weighted by atomic mass is 9.87. The summed E-state index contributed by atoms with van der Waals surface area (Å²) in [5.74, 6) is -0.162. The Morgan fingerprint density at radius 3 is 2.38 bits per heavy atom. The summed E-state index contributed by atoms with van der Waals surface area (Å²) >= 11 is 0. The highest BCUT2D eigenvalue weighted by atomic mass is 32.2. The van der Waals surface area contributed by atoms with Gasteiger partial charge in [-0.05, 0) is 12.5 Å². The fourth-order valence-electron chi connectivity index (χ4n) is 3.08. The molecule has 0 spiro atoms. The second-order valence-corrected chi connectivity index (χ2v) is 7.54. The van der Waals surface area contributed by atoms with Crippen LogP contribution in [0, 0.1) is 0 Å². The molecule has 7 heteroatoms. The number of nitrogens with zero attached hydrogens (tertiary/aromatic N) is 1. The van der Waals surface area contributed by atoms with Gasteiger partial charge in [0.15, 0.2) is 5.78 Å². The summed E-state index contributed by atoms with van der Waals surface area (Å²) < 4.78 is 39.2. The molecule has 2 aromatic rings. The van der Waals surface area contributed by atoms with Gasteiger partial charge in [0.05, 0.1) is 6.61 Å². The van der Waals surface area contributed by atoms with Crippen LogP contribution in [0.3, 0.4) is 0 Å². The topological polar surface area (TPSA) is 83.9 Å². The zero-order chi connectivity index (χ0) is 18.1. The van der Waals surface area contributed by atoms with Crippen molar-refractivity contribution < 1.29 is 22.5 Å². The van der Waals surface area contributed by atoms with Crippen LogP contribution in [0.2, 0.25) is 0 Å². The van der Waals surface area contributed by atoms with Crippen molar-refractivity contribution >= 4 is 16.1 Å². The molecule has 6 nitrogen and oxygen atoms in total. The van der Waals surface area contributed by atoms with E-state index in [-0.39, 0.29) is 32.9 Å². The Balaban J connectivity index is 0.00000243. The molecule has 1 fully saturated rings. The summed E-state index contributed by atoms with van der Waals surface area (Å²) in [5, 5.41) is 0. The molecule has 0 aliphatic carbocycles. The second kappa shape index (κ2) is 7.67. The first-order valence-electron chi connectivity index (χ1n) is 7.87. The van der Waals surface area contributed by atoms with Crippen molar-refractivity contribution in [1.82, 2.24) is 4.31 Å². The van der Waals surface area contributed by atoms with Crippen LogP contribution in [-0.2, 0) is 20.6 Å². The molecule has 1 aliphatic rings. The first-order valence-corrected chi connectivity index (χ1v) is 9.27. The van der Waals surface area contributed by atoms with Crippen LogP contribution in [0.25, 0.3) is 0 Å². The summed E-state index contributed by atoms with van der Waals surface area (Å²) in [6.07, 6.45) is 0. The number of hydrogen-bond acceptors (Lipinski definition) is 4. The van der Waals surface area contributed by atoms with Crippen LogP contribution in [0.1, 0.15) is 35.8 Å². The molecule has 26 heavy (non-hydrogen) atoms. The molecule has 0 bridgehead atoms. The second-order valence-electron chi connectivity index (χ2n) is 6.13. The predicted octanol–water partition coefficient (Wildman–Crippen LogP) is 2.90. The summed E-state index contributed by atoms with van der Waals surface area (Å²) in [7, 11) is -4.32. The number of carbonyl (C=O) groups excluding carboxylic acids is 1. The van der Waals surface area contributed by atoms with Crippen molar-refractivity contribution in [3.8, 4) is 0 Å². The van der Waals surface area contributed by atoms with Gasteiger partial charge in [-0.1, -0.05) is 62.0 Å². The molecule has 1 unspecified atom stereocenters. The van der Waals surface area contributed by atoms with Crippen LogP contribution in [0.4, 0.5) is 0 Å². The standard InChI is InChI=1S/C18H19NO5S.CH4/c1-18(13-19(11-12-24-18)25(21,22)23)16-10-6-5-9-15(16)17(20)14-7-3-2-4-8-14;/h2-10H,11-13H2,1H3,(H,21,22,23);1H4. The molecule has 1 atom stereocenters. The first-order chi connectivity index (χ1) is 11.8. The highest BCUT2D eigenvalue weighted by Crippen LogP contribution is 2.33. The molecule has 3 rings (SSSR count). The highest BCUT2D eigenvalue weighted by molar-refractivity contribution is 7.83. The monoisotopic (exact) mass is 377 g/mol. The fraction of sp³-hybridized carbons (Fsp3) is 0.316. The van der Waals surface area contributed by atoms with Crippen LogP contribution in [0.5, 0.6) is 0 Å². The van der Waals surface area contributed by atoms with Crippen LogP contribution in [0.15, 0.2) is 54.6 Å². The van der Waals surface area contributed by atoms with E-state index in [2.05, 4.69) is 0 Å². The van der Waals surface area contributed by atoms with Gasteiger partial charge < -0.3 is 4.74 Å². The lowest BCUT2D eigenvalue weighted by Gasteiger charge is -2.39. The molecule has 2 aromatic carbocycles. The van der Waals surface area contributed by atoms with E-state index in [1.165, 1.54) is 0 Å². The Bertz CT molecular complexity index is 882. The fourth-order valence-corrected chi connectivity index (χ4v) is 3.80. The molecule has 140 valence electrons. The van der Waals surface area contributed by atoms with Crippen molar-refractivity contribution in [3.05, 3.63) is 71.3 Å². The van der Waals surface area contributed by atoms with Gasteiger partial charge in [-0.25, -0.2) is 0 Å². The number of benzene rings is 2. The molecule has 1 N–H and O–H groups in total. The maximum Gasteiger partial charge on any atom is 0.336 e. The van der Waals surface area contributed by atoms with E-state index in [9.17, 15) is 17.8 Å². The molecule has 1 heterocycles. The smallest absolute Gasteiger partial charge is 0.336 e. The van der Waals surface area contributed by atoms with E-state index in [1.54, 1.807) is 55.5 Å². The predicted molar refractivity (Wildman–Crippen MR) is 99.5 cm³/mol. The zero-order valence-electron chi connectivity index (χ0n) is 13.8. The molecule has 1 saturated heterocycles. The van der Waals surface area contributed by atoms with Crippen molar-refractivity contribution in [2.45, 2.75) is 20.0 Å². The molecular weight excluding hydrogens is 354 g/mol. The van der Waals surface area contributed by atoms with E-state index in [4.69, 9.17) is 4.74 Å². The number of ketones is 1. The third kappa shape index (κ3) is 4.02. The average molecular weight is 377 g/mol. The SMILES string of the molecule is C.CC1(c2ccccc2C(=O)c2ccccc2)CN(S(=O)(=O)O)CCO1. The Kier molecular flexibility index (Phi) is 5.98.